The predicted octanol–water partition coefficient (Wildman–Crippen LogP) is 3.54. The summed E-state index contributed by atoms with van der Waals surface area (Å²) in [4.78, 5) is 8.18. The van der Waals surface area contributed by atoms with Crippen molar-refractivity contribution in [3.63, 3.8) is 0 Å². The summed E-state index contributed by atoms with van der Waals surface area (Å²) < 4.78 is 24.3. The first-order valence-electron chi connectivity index (χ1n) is 7.16. The van der Waals surface area contributed by atoms with Crippen molar-refractivity contribution < 1.29 is 13.9 Å². The van der Waals surface area contributed by atoms with Crippen LogP contribution in [0.2, 0.25) is 0 Å². The van der Waals surface area contributed by atoms with Crippen LogP contribution < -0.4 is 10.1 Å². The van der Waals surface area contributed by atoms with Crippen LogP contribution in [0.1, 0.15) is 0 Å². The van der Waals surface area contributed by atoms with Crippen molar-refractivity contribution in [1.29, 1.82) is 0 Å². The van der Waals surface area contributed by atoms with Crippen LogP contribution in [0.3, 0.4) is 0 Å². The van der Waals surface area contributed by atoms with Crippen molar-refractivity contribution in [1.82, 2.24) is 9.97 Å². The van der Waals surface area contributed by atoms with E-state index in [1.54, 1.807) is 19.2 Å². The van der Waals surface area contributed by atoms with Crippen LogP contribution in [0.4, 0.5) is 15.9 Å². The van der Waals surface area contributed by atoms with E-state index in [9.17, 15) is 4.39 Å². The first kappa shape index (κ1) is 15.2. The van der Waals surface area contributed by atoms with E-state index in [-0.39, 0.29) is 11.3 Å². The van der Waals surface area contributed by atoms with E-state index in [1.807, 2.05) is 24.3 Å². The van der Waals surface area contributed by atoms with Gasteiger partial charge in [0.05, 0.1) is 6.61 Å². The number of fused-ring (bicyclic) bond motifs is 1. The molecular weight excluding hydrogens is 297 g/mol. The Morgan fingerprint density at radius 1 is 1.09 bits per heavy atom. The molecule has 5 nitrogen and oxygen atoms in total. The van der Waals surface area contributed by atoms with E-state index < -0.39 is 0 Å². The van der Waals surface area contributed by atoms with Gasteiger partial charge in [0.2, 0.25) is 0 Å². The Bertz CT molecular complexity index is 811. The number of methoxy groups -OCH3 is 1. The number of benzene rings is 2. The maximum Gasteiger partial charge on any atom is 0.149 e. The van der Waals surface area contributed by atoms with Crippen molar-refractivity contribution in [3.05, 3.63) is 54.6 Å². The van der Waals surface area contributed by atoms with Gasteiger partial charge in [-0.25, -0.2) is 14.4 Å². The minimum Gasteiger partial charge on any atom is -0.491 e. The van der Waals surface area contributed by atoms with Crippen LogP contribution in [-0.4, -0.2) is 30.3 Å². The van der Waals surface area contributed by atoms with E-state index in [0.29, 0.717) is 24.4 Å². The highest BCUT2D eigenvalue weighted by Crippen LogP contribution is 2.26. The number of para-hydroxylation sites is 1. The number of nitrogens with zero attached hydrogens (tertiary/aromatic N) is 2. The molecule has 118 valence electrons. The summed E-state index contributed by atoms with van der Waals surface area (Å²) in [6, 6.07) is 12.3. The number of anilines is 2. The maximum absolute atomic E-state index is 13.8. The Kier molecular flexibility index (Phi) is 4.63. The van der Waals surface area contributed by atoms with E-state index >= 15 is 0 Å². The molecule has 0 amide bonds. The van der Waals surface area contributed by atoms with Gasteiger partial charge in [0, 0.05) is 24.2 Å². The minimum absolute atomic E-state index is 0.289. The van der Waals surface area contributed by atoms with Gasteiger partial charge < -0.3 is 14.8 Å². The first-order valence-corrected chi connectivity index (χ1v) is 7.16. The lowest BCUT2D eigenvalue weighted by Gasteiger charge is -2.10. The maximum atomic E-state index is 13.8. The summed E-state index contributed by atoms with van der Waals surface area (Å²) in [5.41, 5.74) is 1.08. The number of aromatic nitrogens is 2. The fourth-order valence-electron chi connectivity index (χ4n) is 2.19. The van der Waals surface area contributed by atoms with Crippen LogP contribution in [0.25, 0.3) is 10.9 Å². The molecule has 0 unspecified atom stereocenters. The molecule has 0 aliphatic carbocycles. The van der Waals surface area contributed by atoms with Crippen LogP contribution >= 0.6 is 0 Å². The topological polar surface area (TPSA) is 56.3 Å². The lowest BCUT2D eigenvalue weighted by molar-refractivity contribution is 0.146. The molecule has 0 bridgehead atoms. The largest absolute Gasteiger partial charge is 0.491 e. The zero-order valence-corrected chi connectivity index (χ0v) is 12.6. The molecule has 23 heavy (non-hydrogen) atoms. The third-order valence-corrected chi connectivity index (χ3v) is 3.27. The second kappa shape index (κ2) is 7.02. The second-order valence-corrected chi connectivity index (χ2v) is 4.85. The van der Waals surface area contributed by atoms with Gasteiger partial charge in [0.15, 0.2) is 0 Å². The Morgan fingerprint density at radius 2 is 1.96 bits per heavy atom. The van der Waals surface area contributed by atoms with E-state index in [4.69, 9.17) is 9.47 Å². The molecule has 0 saturated heterocycles. The summed E-state index contributed by atoms with van der Waals surface area (Å²) in [5.74, 6) is 0.893. The van der Waals surface area contributed by atoms with Crippen LogP contribution in [0, 0.1) is 5.82 Å². The summed E-state index contributed by atoms with van der Waals surface area (Å²) in [5, 5.41) is 3.80. The highest BCUT2D eigenvalue weighted by molar-refractivity contribution is 5.90. The lowest BCUT2D eigenvalue weighted by atomic mass is 10.2. The Labute approximate surface area is 133 Å². The van der Waals surface area contributed by atoms with Gasteiger partial charge in [0.1, 0.15) is 35.8 Å². The van der Waals surface area contributed by atoms with E-state index in [1.165, 1.54) is 12.4 Å². The lowest BCUT2D eigenvalue weighted by Crippen LogP contribution is -2.04. The van der Waals surface area contributed by atoms with Crippen molar-refractivity contribution in [2.75, 3.05) is 25.6 Å². The smallest absolute Gasteiger partial charge is 0.149 e. The van der Waals surface area contributed by atoms with Gasteiger partial charge in [-0.2, -0.15) is 0 Å². The highest BCUT2D eigenvalue weighted by Gasteiger charge is 2.08. The number of nitrogens with one attached hydrogen (secondary N) is 1. The molecule has 2 aromatic carbocycles. The van der Waals surface area contributed by atoms with Gasteiger partial charge in [-0.3, -0.25) is 0 Å². The molecule has 0 aliphatic rings. The molecule has 3 rings (SSSR count). The Hall–Kier alpha value is -2.73. The van der Waals surface area contributed by atoms with Gasteiger partial charge in [0.25, 0.3) is 0 Å². The third kappa shape index (κ3) is 3.54. The second-order valence-electron chi connectivity index (χ2n) is 4.85. The number of hydrogen-bond donors (Lipinski definition) is 1. The summed E-state index contributed by atoms with van der Waals surface area (Å²) >= 11 is 0. The fraction of sp³-hybridized carbons (Fsp3) is 0.176. The van der Waals surface area contributed by atoms with E-state index in [2.05, 4.69) is 15.3 Å². The van der Waals surface area contributed by atoms with Crippen molar-refractivity contribution in [3.8, 4) is 5.75 Å². The molecular formula is C17H16FN3O2. The molecule has 1 heterocycles. The van der Waals surface area contributed by atoms with Crippen molar-refractivity contribution in [2.24, 2.45) is 0 Å². The molecule has 6 heteroatoms. The Balaban J connectivity index is 1.85. The molecule has 3 aromatic rings. The Morgan fingerprint density at radius 3 is 2.83 bits per heavy atom. The predicted molar refractivity (Wildman–Crippen MR) is 86.6 cm³/mol. The average molecular weight is 313 g/mol. The molecule has 0 saturated carbocycles. The first-order chi connectivity index (χ1) is 11.3. The molecule has 0 fully saturated rings. The monoisotopic (exact) mass is 313 g/mol. The SMILES string of the molecule is COCCOc1cccc(Nc2ncnc3c(F)cccc23)c1. The molecule has 1 aromatic heterocycles. The highest BCUT2D eigenvalue weighted by atomic mass is 19.1. The number of ether oxygens (including phenoxy) is 2. The zero-order chi connectivity index (χ0) is 16.1. The summed E-state index contributed by atoms with van der Waals surface area (Å²) in [7, 11) is 1.63. The van der Waals surface area contributed by atoms with E-state index in [0.717, 1.165) is 11.4 Å². The van der Waals surface area contributed by atoms with Gasteiger partial charge in [-0.15, -0.1) is 0 Å². The number of halogens is 1. The van der Waals surface area contributed by atoms with Crippen LogP contribution in [-0.2, 0) is 4.74 Å². The molecule has 0 spiro atoms. The van der Waals surface area contributed by atoms with Crippen LogP contribution in [0.5, 0.6) is 5.75 Å². The fourth-order valence-corrected chi connectivity index (χ4v) is 2.19. The molecule has 0 aliphatic heterocycles. The van der Waals surface area contributed by atoms with Crippen molar-refractivity contribution in [2.45, 2.75) is 0 Å². The number of hydrogen-bond acceptors (Lipinski definition) is 5. The molecule has 0 radical (unpaired) electrons. The number of rotatable bonds is 6. The average Bonchev–Trinajstić information content (AvgIpc) is 2.57. The zero-order valence-electron chi connectivity index (χ0n) is 12.6. The standard InChI is InChI=1S/C17H16FN3O2/c1-22-8-9-23-13-5-2-4-12(10-13)21-17-14-6-3-7-15(18)16(14)19-11-20-17/h2-7,10-11H,8-9H2,1H3,(H,19,20,21). The quantitative estimate of drug-likeness (QED) is 0.705. The van der Waals surface area contributed by atoms with Gasteiger partial charge in [-0.05, 0) is 24.3 Å². The van der Waals surface area contributed by atoms with Gasteiger partial charge in [-0.1, -0.05) is 12.1 Å². The summed E-state index contributed by atoms with van der Waals surface area (Å²) in [6.45, 7) is 0.995. The minimum atomic E-state index is -0.371. The normalized spacial score (nSPS) is 10.7. The summed E-state index contributed by atoms with van der Waals surface area (Å²) in [6.07, 6.45) is 1.34. The third-order valence-electron chi connectivity index (χ3n) is 3.27. The van der Waals surface area contributed by atoms with Crippen LogP contribution in [0.15, 0.2) is 48.8 Å². The molecule has 1 N–H and O–H groups in total. The van der Waals surface area contributed by atoms with Gasteiger partial charge >= 0.3 is 0 Å². The van der Waals surface area contributed by atoms with Crippen molar-refractivity contribution >= 4 is 22.4 Å². The molecule has 0 atom stereocenters.